The number of carbonyl (C=O) groups excluding carboxylic acids is 1. The summed E-state index contributed by atoms with van der Waals surface area (Å²) in [5.74, 6) is 1.92. The van der Waals surface area contributed by atoms with Crippen LogP contribution in [0, 0.1) is 0 Å². The highest BCUT2D eigenvalue weighted by atomic mass is 79.9. The van der Waals surface area contributed by atoms with Crippen molar-refractivity contribution in [3.8, 4) is 0 Å². The fraction of sp³-hybridized carbons (Fsp3) is 0.214. The molecule has 0 fully saturated rings. The van der Waals surface area contributed by atoms with Gasteiger partial charge in [-0.05, 0) is 39.5 Å². The van der Waals surface area contributed by atoms with Crippen LogP contribution in [0.3, 0.4) is 0 Å². The summed E-state index contributed by atoms with van der Waals surface area (Å²) in [5, 5.41) is 5.02. The third-order valence-electron chi connectivity index (χ3n) is 2.47. The fourth-order valence-electron chi connectivity index (χ4n) is 1.54. The topological polar surface area (TPSA) is 29.1 Å². The number of hydrogen-bond donors (Lipinski definition) is 1. The number of nitrogens with one attached hydrogen (secondary N) is 1. The average molecular weight is 356 g/mol. The zero-order valence-corrected chi connectivity index (χ0v) is 13.5. The molecule has 1 amide bonds. The van der Waals surface area contributed by atoms with Gasteiger partial charge in [0, 0.05) is 27.4 Å². The Balaban J connectivity index is 1.68. The van der Waals surface area contributed by atoms with Gasteiger partial charge in [0.2, 0.25) is 0 Å². The number of amides is 1. The second-order valence-corrected chi connectivity index (χ2v) is 6.86. The Morgan fingerprint density at radius 3 is 2.84 bits per heavy atom. The van der Waals surface area contributed by atoms with Gasteiger partial charge in [0.05, 0.1) is 5.56 Å². The predicted octanol–water partition coefficient (Wildman–Crippen LogP) is 4.17. The summed E-state index contributed by atoms with van der Waals surface area (Å²) in [6, 6.07) is 11.7. The van der Waals surface area contributed by atoms with E-state index < -0.39 is 0 Å². The van der Waals surface area contributed by atoms with E-state index >= 15 is 0 Å². The molecule has 1 N–H and O–H groups in total. The van der Waals surface area contributed by atoms with Crippen molar-refractivity contribution in [2.24, 2.45) is 0 Å². The van der Waals surface area contributed by atoms with Crippen LogP contribution in [-0.2, 0) is 5.75 Å². The van der Waals surface area contributed by atoms with Gasteiger partial charge in [0.1, 0.15) is 0 Å². The van der Waals surface area contributed by atoms with Crippen LogP contribution in [0.5, 0.6) is 0 Å². The van der Waals surface area contributed by atoms with Crippen molar-refractivity contribution in [2.75, 3.05) is 12.3 Å². The normalized spacial score (nSPS) is 10.4. The van der Waals surface area contributed by atoms with Gasteiger partial charge < -0.3 is 5.32 Å². The summed E-state index contributed by atoms with van der Waals surface area (Å²) in [7, 11) is 0. The molecule has 0 aliphatic heterocycles. The molecule has 5 heteroatoms. The van der Waals surface area contributed by atoms with Gasteiger partial charge in [0.15, 0.2) is 0 Å². The van der Waals surface area contributed by atoms with E-state index in [1.54, 1.807) is 11.3 Å². The number of benzene rings is 1. The molecule has 1 aromatic carbocycles. The molecular weight excluding hydrogens is 342 g/mol. The number of halogens is 1. The van der Waals surface area contributed by atoms with Crippen molar-refractivity contribution in [3.63, 3.8) is 0 Å². The fourth-order valence-corrected chi connectivity index (χ4v) is 3.71. The molecule has 100 valence electrons. The minimum absolute atomic E-state index is 0.0239. The quantitative estimate of drug-likeness (QED) is 0.787. The summed E-state index contributed by atoms with van der Waals surface area (Å²) in [4.78, 5) is 13.3. The van der Waals surface area contributed by atoms with Crippen molar-refractivity contribution in [3.05, 3.63) is 56.7 Å². The molecule has 0 saturated carbocycles. The first kappa shape index (κ1) is 14.6. The minimum Gasteiger partial charge on any atom is -0.351 e. The lowest BCUT2D eigenvalue weighted by Gasteiger charge is -2.06. The SMILES string of the molecule is O=C(NCCSCc1cccs1)c1ccccc1Br. The number of rotatable bonds is 6. The standard InChI is InChI=1S/C14H14BrNOS2/c15-13-6-2-1-5-12(13)14(17)16-7-9-18-10-11-4-3-8-19-11/h1-6,8H,7,9-10H2,(H,16,17). The van der Waals surface area contributed by atoms with Crippen molar-refractivity contribution in [1.29, 1.82) is 0 Å². The number of hydrogen-bond acceptors (Lipinski definition) is 3. The summed E-state index contributed by atoms with van der Waals surface area (Å²) in [6.45, 7) is 0.691. The Morgan fingerprint density at radius 1 is 1.26 bits per heavy atom. The maximum Gasteiger partial charge on any atom is 0.252 e. The van der Waals surface area contributed by atoms with Gasteiger partial charge in [-0.25, -0.2) is 0 Å². The van der Waals surface area contributed by atoms with E-state index in [2.05, 4.69) is 38.8 Å². The van der Waals surface area contributed by atoms with E-state index in [9.17, 15) is 4.79 Å². The molecule has 2 aromatic rings. The zero-order valence-electron chi connectivity index (χ0n) is 10.3. The number of carbonyl (C=O) groups is 1. The molecule has 0 bridgehead atoms. The Hall–Kier alpha value is -0.780. The lowest BCUT2D eigenvalue weighted by Crippen LogP contribution is -2.26. The Kier molecular flexibility index (Phi) is 5.94. The van der Waals surface area contributed by atoms with Crippen molar-refractivity contribution >= 4 is 44.9 Å². The summed E-state index contributed by atoms with van der Waals surface area (Å²) in [5.41, 5.74) is 0.686. The minimum atomic E-state index is -0.0239. The first-order valence-corrected chi connectivity index (χ1v) is 8.73. The molecule has 1 aromatic heterocycles. The monoisotopic (exact) mass is 355 g/mol. The molecule has 2 rings (SSSR count). The Bertz CT molecular complexity index is 528. The van der Waals surface area contributed by atoms with Crippen LogP contribution in [0.4, 0.5) is 0 Å². The van der Waals surface area contributed by atoms with Crippen LogP contribution in [0.25, 0.3) is 0 Å². The van der Waals surface area contributed by atoms with Gasteiger partial charge in [-0.3, -0.25) is 4.79 Å². The van der Waals surface area contributed by atoms with Crippen LogP contribution in [0.2, 0.25) is 0 Å². The molecule has 0 radical (unpaired) electrons. The second kappa shape index (κ2) is 7.72. The number of thioether (sulfide) groups is 1. The van der Waals surface area contributed by atoms with Gasteiger partial charge in [-0.15, -0.1) is 11.3 Å². The van der Waals surface area contributed by atoms with E-state index in [0.29, 0.717) is 12.1 Å². The van der Waals surface area contributed by atoms with Crippen LogP contribution in [0.15, 0.2) is 46.3 Å². The zero-order chi connectivity index (χ0) is 13.5. The molecule has 0 aliphatic carbocycles. The molecule has 0 saturated heterocycles. The van der Waals surface area contributed by atoms with Crippen LogP contribution >= 0.6 is 39.0 Å². The molecule has 19 heavy (non-hydrogen) atoms. The van der Waals surface area contributed by atoms with Crippen LogP contribution in [-0.4, -0.2) is 18.2 Å². The van der Waals surface area contributed by atoms with Crippen LogP contribution < -0.4 is 5.32 Å². The molecule has 2 nitrogen and oxygen atoms in total. The number of thiophene rings is 1. The molecular formula is C14H14BrNOS2. The third kappa shape index (κ3) is 4.67. The first-order chi connectivity index (χ1) is 9.27. The van der Waals surface area contributed by atoms with Gasteiger partial charge >= 0.3 is 0 Å². The lowest BCUT2D eigenvalue weighted by molar-refractivity contribution is 0.0955. The lowest BCUT2D eigenvalue weighted by atomic mass is 10.2. The molecule has 0 atom stereocenters. The Labute approximate surface area is 129 Å². The molecule has 0 unspecified atom stereocenters. The van der Waals surface area contributed by atoms with E-state index in [1.807, 2.05) is 36.0 Å². The van der Waals surface area contributed by atoms with Gasteiger partial charge in [0.25, 0.3) is 5.91 Å². The van der Waals surface area contributed by atoms with E-state index in [-0.39, 0.29) is 5.91 Å². The van der Waals surface area contributed by atoms with E-state index in [1.165, 1.54) is 4.88 Å². The highest BCUT2D eigenvalue weighted by Gasteiger charge is 2.07. The molecule has 0 spiro atoms. The first-order valence-electron chi connectivity index (χ1n) is 5.90. The summed E-state index contributed by atoms with van der Waals surface area (Å²) < 4.78 is 0.832. The summed E-state index contributed by atoms with van der Waals surface area (Å²) >= 11 is 6.99. The van der Waals surface area contributed by atoms with Gasteiger partial charge in [-0.1, -0.05) is 18.2 Å². The summed E-state index contributed by atoms with van der Waals surface area (Å²) in [6.07, 6.45) is 0. The second-order valence-electron chi connectivity index (χ2n) is 3.87. The van der Waals surface area contributed by atoms with Crippen molar-refractivity contribution in [2.45, 2.75) is 5.75 Å². The predicted molar refractivity (Wildman–Crippen MR) is 87.0 cm³/mol. The molecule has 1 heterocycles. The largest absolute Gasteiger partial charge is 0.351 e. The molecule has 0 aliphatic rings. The third-order valence-corrected chi connectivity index (χ3v) is 5.23. The maximum absolute atomic E-state index is 11.9. The van der Waals surface area contributed by atoms with E-state index in [4.69, 9.17) is 0 Å². The highest BCUT2D eigenvalue weighted by molar-refractivity contribution is 9.10. The van der Waals surface area contributed by atoms with E-state index in [0.717, 1.165) is 16.0 Å². The van der Waals surface area contributed by atoms with Crippen molar-refractivity contribution < 1.29 is 4.79 Å². The van der Waals surface area contributed by atoms with Crippen molar-refractivity contribution in [1.82, 2.24) is 5.32 Å². The highest BCUT2D eigenvalue weighted by Crippen LogP contribution is 2.17. The average Bonchev–Trinajstić information content (AvgIpc) is 2.92. The Morgan fingerprint density at radius 2 is 2.11 bits per heavy atom. The van der Waals surface area contributed by atoms with Crippen LogP contribution in [0.1, 0.15) is 15.2 Å². The van der Waals surface area contributed by atoms with Gasteiger partial charge in [-0.2, -0.15) is 11.8 Å². The maximum atomic E-state index is 11.9. The smallest absolute Gasteiger partial charge is 0.252 e.